The Bertz CT molecular complexity index is 873. The van der Waals surface area contributed by atoms with Gasteiger partial charge in [0.1, 0.15) is 5.82 Å². The lowest BCUT2D eigenvalue weighted by Crippen LogP contribution is -2.33. The number of aromatic nitrogens is 2. The van der Waals surface area contributed by atoms with Gasteiger partial charge < -0.3 is 9.88 Å². The molecule has 0 saturated heterocycles. The van der Waals surface area contributed by atoms with Crippen molar-refractivity contribution in [3.8, 4) is 0 Å². The number of nitrogens with zero attached hydrogens (tertiary/aromatic N) is 2. The Morgan fingerprint density at radius 1 is 1.46 bits per heavy atom. The molecule has 1 N–H and O–H groups in total. The van der Waals surface area contributed by atoms with E-state index in [0.29, 0.717) is 22.3 Å². The highest BCUT2D eigenvalue weighted by Gasteiger charge is 2.32. The van der Waals surface area contributed by atoms with Crippen molar-refractivity contribution in [3.63, 3.8) is 0 Å². The monoisotopic (exact) mass is 341 g/mol. The molecule has 6 heteroatoms. The van der Waals surface area contributed by atoms with Gasteiger partial charge in [0.15, 0.2) is 5.16 Å². The number of hydrogen-bond donors (Lipinski definition) is 1. The van der Waals surface area contributed by atoms with Gasteiger partial charge in [0.05, 0.1) is 5.56 Å². The number of hydrogen-bond acceptors (Lipinski definition) is 4. The topological polar surface area (TPSA) is 64.0 Å². The quantitative estimate of drug-likeness (QED) is 0.528. The van der Waals surface area contributed by atoms with E-state index in [2.05, 4.69) is 16.9 Å². The van der Waals surface area contributed by atoms with E-state index < -0.39 is 0 Å². The fraction of sp³-hybridized carbons (Fsp3) is 0.278. The molecule has 1 amide bonds. The molecule has 1 atom stereocenters. The number of amides is 1. The summed E-state index contributed by atoms with van der Waals surface area (Å²) in [7, 11) is 1.82. The van der Waals surface area contributed by atoms with Gasteiger partial charge in [-0.25, -0.2) is 0 Å². The summed E-state index contributed by atoms with van der Waals surface area (Å²) in [5, 5.41) is 3.42. The van der Waals surface area contributed by atoms with Crippen LogP contribution in [0.3, 0.4) is 0 Å². The zero-order chi connectivity index (χ0) is 17.3. The summed E-state index contributed by atoms with van der Waals surface area (Å²) < 4.78 is 1.78. The normalized spacial score (nSPS) is 16.4. The van der Waals surface area contributed by atoms with Crippen molar-refractivity contribution in [2.45, 2.75) is 24.4 Å². The summed E-state index contributed by atoms with van der Waals surface area (Å²) in [6.45, 7) is 5.68. The predicted octanol–water partition coefficient (Wildman–Crippen LogP) is 2.84. The molecule has 0 saturated carbocycles. The van der Waals surface area contributed by atoms with Crippen LogP contribution >= 0.6 is 11.8 Å². The fourth-order valence-corrected chi connectivity index (χ4v) is 3.67. The van der Waals surface area contributed by atoms with Gasteiger partial charge in [-0.05, 0) is 12.5 Å². The van der Waals surface area contributed by atoms with Crippen molar-refractivity contribution in [1.82, 2.24) is 9.55 Å². The maximum Gasteiger partial charge on any atom is 0.279 e. The number of thioether (sulfide) groups is 1. The average molecular weight is 341 g/mol. The van der Waals surface area contributed by atoms with Crippen LogP contribution in [0.4, 0.5) is 5.82 Å². The molecule has 2 heterocycles. The maximum atomic E-state index is 12.7. The number of benzene rings is 1. The average Bonchev–Trinajstić information content (AvgIpc) is 2.56. The Morgan fingerprint density at radius 3 is 2.96 bits per heavy atom. The van der Waals surface area contributed by atoms with Gasteiger partial charge in [-0.1, -0.05) is 47.7 Å². The minimum atomic E-state index is -0.277. The highest BCUT2D eigenvalue weighted by Crippen LogP contribution is 2.35. The van der Waals surface area contributed by atoms with Crippen LogP contribution in [0.15, 0.2) is 46.9 Å². The lowest BCUT2D eigenvalue weighted by Gasteiger charge is -2.27. The van der Waals surface area contributed by atoms with Gasteiger partial charge >= 0.3 is 0 Å². The first-order valence-corrected chi connectivity index (χ1v) is 8.71. The molecule has 124 valence electrons. The van der Waals surface area contributed by atoms with Crippen LogP contribution in [0.1, 0.15) is 29.0 Å². The largest absolute Gasteiger partial charge is 0.312 e. The summed E-state index contributed by atoms with van der Waals surface area (Å²) in [6.07, 6.45) is 2.01. The second kappa shape index (κ2) is 6.65. The third kappa shape index (κ3) is 3.01. The zero-order valence-corrected chi connectivity index (χ0v) is 14.5. The molecular weight excluding hydrogens is 322 g/mol. The van der Waals surface area contributed by atoms with Crippen LogP contribution in [0, 0.1) is 6.92 Å². The Kier molecular flexibility index (Phi) is 4.57. The molecule has 5 nitrogen and oxygen atoms in total. The van der Waals surface area contributed by atoms with Crippen LogP contribution in [0.2, 0.25) is 0 Å². The Balaban J connectivity index is 2.16. The standard InChI is InChI=1S/C18H19N3O2S/c1-4-8-24-18-20-17(23)15-13(12-7-5-6-11(2)9-12)10-14(22)19-16(15)21(18)3/h4-7,9,13H,1,8,10H2,2-3H3,(H,19,22)/t13-/m0/s1. The molecule has 1 aromatic heterocycles. The number of rotatable bonds is 4. The van der Waals surface area contributed by atoms with E-state index in [9.17, 15) is 9.59 Å². The van der Waals surface area contributed by atoms with Crippen molar-refractivity contribution >= 4 is 23.5 Å². The number of fused-ring (bicyclic) bond motifs is 1. The third-order valence-corrected chi connectivity index (χ3v) is 5.10. The molecule has 0 radical (unpaired) electrons. The van der Waals surface area contributed by atoms with Crippen molar-refractivity contribution in [1.29, 1.82) is 0 Å². The first-order valence-electron chi connectivity index (χ1n) is 7.72. The van der Waals surface area contributed by atoms with E-state index in [1.165, 1.54) is 11.8 Å². The second-order valence-corrected chi connectivity index (χ2v) is 6.83. The minimum absolute atomic E-state index is 0.0881. The second-order valence-electron chi connectivity index (χ2n) is 5.84. The Labute approximate surface area is 144 Å². The van der Waals surface area contributed by atoms with E-state index in [1.54, 1.807) is 10.6 Å². The molecule has 0 aliphatic carbocycles. The SMILES string of the molecule is C=CCSc1nc(=O)c2c(n1C)NC(=O)C[C@H]2c1cccc(C)c1. The van der Waals surface area contributed by atoms with Crippen molar-refractivity contribution < 1.29 is 4.79 Å². The Morgan fingerprint density at radius 2 is 2.25 bits per heavy atom. The number of anilines is 1. The number of aryl methyl sites for hydroxylation is 1. The molecule has 3 rings (SSSR count). The predicted molar refractivity (Wildman–Crippen MR) is 96.7 cm³/mol. The van der Waals surface area contributed by atoms with Crippen LogP contribution in [-0.2, 0) is 11.8 Å². The maximum absolute atomic E-state index is 12.7. The minimum Gasteiger partial charge on any atom is -0.312 e. The van der Waals surface area contributed by atoms with Gasteiger partial charge in [0.25, 0.3) is 5.56 Å². The third-order valence-electron chi connectivity index (χ3n) is 4.08. The van der Waals surface area contributed by atoms with E-state index in [0.717, 1.165) is 11.1 Å². The molecule has 24 heavy (non-hydrogen) atoms. The lowest BCUT2D eigenvalue weighted by molar-refractivity contribution is -0.116. The van der Waals surface area contributed by atoms with Crippen molar-refractivity contribution in [2.75, 3.05) is 11.1 Å². The molecule has 2 aromatic rings. The first-order chi connectivity index (χ1) is 11.5. The molecule has 1 aromatic carbocycles. The van der Waals surface area contributed by atoms with Crippen molar-refractivity contribution in [3.05, 3.63) is 64.0 Å². The van der Waals surface area contributed by atoms with Crippen LogP contribution in [-0.4, -0.2) is 21.2 Å². The van der Waals surface area contributed by atoms with Crippen LogP contribution in [0.5, 0.6) is 0 Å². The lowest BCUT2D eigenvalue weighted by atomic mass is 9.86. The molecule has 0 spiro atoms. The number of carbonyl (C=O) groups excluding carboxylic acids is 1. The molecular formula is C18H19N3O2S. The van der Waals surface area contributed by atoms with E-state index in [1.807, 2.05) is 38.2 Å². The van der Waals surface area contributed by atoms with Gasteiger partial charge in [0, 0.05) is 25.1 Å². The summed E-state index contributed by atoms with van der Waals surface area (Å²) in [4.78, 5) is 29.1. The molecule has 0 bridgehead atoms. The fourth-order valence-electron chi connectivity index (χ4n) is 2.97. The molecule has 1 aliphatic rings. The van der Waals surface area contributed by atoms with Gasteiger partial charge in [-0.15, -0.1) is 6.58 Å². The first kappa shape index (κ1) is 16.5. The molecule has 1 aliphatic heterocycles. The van der Waals surface area contributed by atoms with E-state index in [-0.39, 0.29) is 23.8 Å². The summed E-state index contributed by atoms with van der Waals surface area (Å²) >= 11 is 1.42. The smallest absolute Gasteiger partial charge is 0.279 e. The van der Waals surface area contributed by atoms with Crippen LogP contribution < -0.4 is 10.9 Å². The van der Waals surface area contributed by atoms with E-state index >= 15 is 0 Å². The summed E-state index contributed by atoms with van der Waals surface area (Å²) in [6, 6.07) is 7.93. The highest BCUT2D eigenvalue weighted by atomic mass is 32.2. The summed E-state index contributed by atoms with van der Waals surface area (Å²) in [5.41, 5.74) is 2.35. The van der Waals surface area contributed by atoms with Crippen LogP contribution in [0.25, 0.3) is 0 Å². The molecule has 0 unspecified atom stereocenters. The highest BCUT2D eigenvalue weighted by molar-refractivity contribution is 7.99. The summed E-state index contributed by atoms with van der Waals surface area (Å²) in [5.74, 6) is 0.839. The van der Waals surface area contributed by atoms with E-state index in [4.69, 9.17) is 0 Å². The van der Waals surface area contributed by atoms with Gasteiger partial charge in [-0.2, -0.15) is 4.98 Å². The molecule has 0 fully saturated rings. The number of nitrogens with one attached hydrogen (secondary N) is 1. The Hall–Kier alpha value is -2.34. The zero-order valence-electron chi connectivity index (χ0n) is 13.7. The van der Waals surface area contributed by atoms with Gasteiger partial charge in [-0.3, -0.25) is 9.59 Å². The number of carbonyl (C=O) groups is 1. The van der Waals surface area contributed by atoms with Crippen molar-refractivity contribution in [2.24, 2.45) is 7.05 Å². The van der Waals surface area contributed by atoms with Gasteiger partial charge in [0.2, 0.25) is 5.91 Å².